The summed E-state index contributed by atoms with van der Waals surface area (Å²) in [5, 5.41) is 5.58. The fourth-order valence-electron chi connectivity index (χ4n) is 2.34. The van der Waals surface area contributed by atoms with Crippen molar-refractivity contribution in [2.75, 3.05) is 6.54 Å². The van der Waals surface area contributed by atoms with Gasteiger partial charge in [-0.3, -0.25) is 0 Å². The molecule has 0 aliphatic carbocycles. The summed E-state index contributed by atoms with van der Waals surface area (Å²) in [6.07, 6.45) is 4.98. The third-order valence-corrected chi connectivity index (χ3v) is 4.50. The number of nitrogens with one attached hydrogen (secondary N) is 1. The molecule has 0 bridgehead atoms. The summed E-state index contributed by atoms with van der Waals surface area (Å²) in [5.74, 6) is 0. The highest BCUT2D eigenvalue weighted by Crippen LogP contribution is 2.26. The summed E-state index contributed by atoms with van der Waals surface area (Å²) in [4.78, 5) is 4.67. The van der Waals surface area contributed by atoms with Crippen molar-refractivity contribution < 1.29 is 0 Å². The molecule has 1 aliphatic heterocycles. The van der Waals surface area contributed by atoms with Crippen molar-refractivity contribution >= 4 is 33.2 Å². The quantitative estimate of drug-likeness (QED) is 0.898. The van der Waals surface area contributed by atoms with Crippen molar-refractivity contribution in [3.8, 4) is 0 Å². The van der Waals surface area contributed by atoms with E-state index in [2.05, 4.69) is 10.3 Å². The van der Waals surface area contributed by atoms with Gasteiger partial charge in [-0.05, 0) is 37.6 Å². The molecule has 1 fully saturated rings. The number of rotatable bonds is 2. The van der Waals surface area contributed by atoms with Crippen LogP contribution in [0.25, 0.3) is 10.2 Å². The lowest BCUT2D eigenvalue weighted by Gasteiger charge is -2.22. The molecule has 1 atom stereocenters. The molecule has 4 heteroatoms. The molecule has 2 aromatic rings. The SMILES string of the molecule is Clc1ccc2nc(CC3CCCCN3)sc2c1. The van der Waals surface area contributed by atoms with E-state index in [9.17, 15) is 0 Å². The van der Waals surface area contributed by atoms with Crippen molar-refractivity contribution in [3.63, 3.8) is 0 Å². The van der Waals surface area contributed by atoms with Crippen LogP contribution in [0.1, 0.15) is 24.3 Å². The number of aromatic nitrogens is 1. The predicted molar refractivity (Wildman–Crippen MR) is 74.0 cm³/mol. The van der Waals surface area contributed by atoms with Gasteiger partial charge in [-0.1, -0.05) is 18.0 Å². The van der Waals surface area contributed by atoms with Crippen molar-refractivity contribution in [1.82, 2.24) is 10.3 Å². The summed E-state index contributed by atoms with van der Waals surface area (Å²) in [6.45, 7) is 1.15. The normalized spacial score (nSPS) is 20.9. The molecule has 1 aromatic heterocycles. The fourth-order valence-corrected chi connectivity index (χ4v) is 3.67. The van der Waals surface area contributed by atoms with Crippen LogP contribution < -0.4 is 5.32 Å². The van der Waals surface area contributed by atoms with Crippen LogP contribution in [0.3, 0.4) is 0 Å². The lowest BCUT2D eigenvalue weighted by atomic mass is 10.0. The number of hydrogen-bond donors (Lipinski definition) is 1. The van der Waals surface area contributed by atoms with Gasteiger partial charge >= 0.3 is 0 Å². The maximum absolute atomic E-state index is 5.99. The van der Waals surface area contributed by atoms with Crippen LogP contribution in [0.5, 0.6) is 0 Å². The van der Waals surface area contributed by atoms with E-state index in [1.807, 2.05) is 18.2 Å². The van der Waals surface area contributed by atoms with E-state index in [4.69, 9.17) is 11.6 Å². The molecule has 2 nitrogen and oxygen atoms in total. The number of fused-ring (bicyclic) bond motifs is 1. The van der Waals surface area contributed by atoms with E-state index in [1.54, 1.807) is 11.3 Å². The monoisotopic (exact) mass is 266 g/mol. The lowest BCUT2D eigenvalue weighted by molar-refractivity contribution is 0.399. The van der Waals surface area contributed by atoms with Gasteiger partial charge in [0.25, 0.3) is 0 Å². The second kappa shape index (κ2) is 4.92. The maximum Gasteiger partial charge on any atom is 0.0954 e. The highest BCUT2D eigenvalue weighted by atomic mass is 35.5. The molecule has 0 amide bonds. The molecule has 17 heavy (non-hydrogen) atoms. The molecule has 1 saturated heterocycles. The first-order valence-corrected chi connectivity index (χ1v) is 7.29. The zero-order valence-corrected chi connectivity index (χ0v) is 11.2. The Morgan fingerprint density at radius 2 is 2.35 bits per heavy atom. The minimum absolute atomic E-state index is 0.611. The van der Waals surface area contributed by atoms with E-state index < -0.39 is 0 Å². The first kappa shape index (κ1) is 11.5. The predicted octanol–water partition coefficient (Wildman–Crippen LogP) is 3.63. The molecular weight excluding hydrogens is 252 g/mol. The average molecular weight is 267 g/mol. The van der Waals surface area contributed by atoms with Crippen LogP contribution in [0.2, 0.25) is 5.02 Å². The Hall–Kier alpha value is -0.640. The Labute approximate surface area is 110 Å². The number of halogens is 1. The van der Waals surface area contributed by atoms with E-state index in [-0.39, 0.29) is 0 Å². The fraction of sp³-hybridized carbons (Fsp3) is 0.462. The van der Waals surface area contributed by atoms with E-state index in [1.165, 1.54) is 29.0 Å². The largest absolute Gasteiger partial charge is 0.314 e. The van der Waals surface area contributed by atoms with Gasteiger partial charge < -0.3 is 5.32 Å². The molecule has 1 unspecified atom stereocenters. The molecule has 3 rings (SSSR count). The summed E-state index contributed by atoms with van der Waals surface area (Å²) in [6, 6.07) is 6.53. The van der Waals surface area contributed by atoms with Crippen LogP contribution >= 0.6 is 22.9 Å². The van der Waals surface area contributed by atoms with Gasteiger partial charge in [-0.2, -0.15) is 0 Å². The average Bonchev–Trinajstić information content (AvgIpc) is 2.71. The van der Waals surface area contributed by atoms with Crippen molar-refractivity contribution in [3.05, 3.63) is 28.2 Å². The second-order valence-corrected chi connectivity index (χ2v) is 6.12. The zero-order valence-electron chi connectivity index (χ0n) is 9.58. The Morgan fingerprint density at radius 3 is 3.18 bits per heavy atom. The molecule has 1 N–H and O–H groups in total. The Balaban J connectivity index is 1.80. The summed E-state index contributed by atoms with van der Waals surface area (Å²) < 4.78 is 1.20. The van der Waals surface area contributed by atoms with Crippen LogP contribution in [0.4, 0.5) is 0 Å². The third-order valence-electron chi connectivity index (χ3n) is 3.23. The van der Waals surface area contributed by atoms with Gasteiger partial charge in [0.05, 0.1) is 15.2 Å². The van der Waals surface area contributed by atoms with Crippen molar-refractivity contribution in [1.29, 1.82) is 0 Å². The molecule has 0 spiro atoms. The van der Waals surface area contributed by atoms with Crippen LogP contribution in [0, 0.1) is 0 Å². The van der Waals surface area contributed by atoms with Gasteiger partial charge in [-0.15, -0.1) is 11.3 Å². The molecule has 0 saturated carbocycles. The van der Waals surface area contributed by atoms with Gasteiger partial charge in [-0.25, -0.2) is 4.98 Å². The summed E-state index contributed by atoms with van der Waals surface area (Å²) in [5.41, 5.74) is 1.07. The highest BCUT2D eigenvalue weighted by Gasteiger charge is 2.15. The van der Waals surface area contributed by atoms with Crippen molar-refractivity contribution in [2.24, 2.45) is 0 Å². The van der Waals surface area contributed by atoms with E-state index >= 15 is 0 Å². The minimum atomic E-state index is 0.611. The number of hydrogen-bond acceptors (Lipinski definition) is 3. The Morgan fingerprint density at radius 1 is 1.41 bits per heavy atom. The summed E-state index contributed by atoms with van der Waals surface area (Å²) in [7, 11) is 0. The van der Waals surface area contributed by atoms with Gasteiger partial charge in [0, 0.05) is 17.5 Å². The van der Waals surface area contributed by atoms with Crippen LogP contribution in [-0.2, 0) is 6.42 Å². The molecule has 1 aromatic carbocycles. The number of thiazole rings is 1. The first-order valence-electron chi connectivity index (χ1n) is 6.09. The number of benzene rings is 1. The minimum Gasteiger partial charge on any atom is -0.314 e. The molecule has 1 aliphatic rings. The van der Waals surface area contributed by atoms with E-state index in [0.29, 0.717) is 6.04 Å². The topological polar surface area (TPSA) is 24.9 Å². The highest BCUT2D eigenvalue weighted by molar-refractivity contribution is 7.18. The van der Waals surface area contributed by atoms with Gasteiger partial charge in [0.2, 0.25) is 0 Å². The molecule has 2 heterocycles. The zero-order chi connectivity index (χ0) is 11.7. The Bertz CT molecular complexity index is 517. The Kier molecular flexibility index (Phi) is 3.32. The van der Waals surface area contributed by atoms with Gasteiger partial charge in [0.15, 0.2) is 0 Å². The summed E-state index contributed by atoms with van der Waals surface area (Å²) >= 11 is 7.76. The molecule has 0 radical (unpaired) electrons. The van der Waals surface area contributed by atoms with E-state index in [0.717, 1.165) is 23.5 Å². The molecule has 90 valence electrons. The molecular formula is C13H15ClN2S. The first-order chi connectivity index (χ1) is 8.31. The smallest absolute Gasteiger partial charge is 0.0954 e. The van der Waals surface area contributed by atoms with Crippen LogP contribution in [0.15, 0.2) is 18.2 Å². The van der Waals surface area contributed by atoms with Gasteiger partial charge in [0.1, 0.15) is 0 Å². The standard InChI is InChI=1S/C13H15ClN2S/c14-9-4-5-11-12(7-9)17-13(16-11)8-10-3-1-2-6-15-10/h4-5,7,10,15H,1-3,6,8H2. The second-order valence-electron chi connectivity index (χ2n) is 4.57. The number of piperidine rings is 1. The van der Waals surface area contributed by atoms with Crippen LogP contribution in [-0.4, -0.2) is 17.6 Å². The third kappa shape index (κ3) is 2.62. The maximum atomic E-state index is 5.99. The van der Waals surface area contributed by atoms with Crippen molar-refractivity contribution in [2.45, 2.75) is 31.7 Å². The number of nitrogens with zero attached hydrogens (tertiary/aromatic N) is 1. The lowest BCUT2D eigenvalue weighted by Crippen LogP contribution is -2.35.